The van der Waals surface area contributed by atoms with E-state index < -0.39 is 5.91 Å². The third-order valence-electron chi connectivity index (χ3n) is 3.75. The van der Waals surface area contributed by atoms with Crippen LogP contribution in [0.3, 0.4) is 0 Å². The summed E-state index contributed by atoms with van der Waals surface area (Å²) in [4.78, 5) is 24.2. The van der Waals surface area contributed by atoms with Gasteiger partial charge in [0.2, 0.25) is 11.0 Å². The molecule has 0 bridgehead atoms. The molecule has 3 rings (SSSR count). The molecule has 2 aromatic carbocycles. The van der Waals surface area contributed by atoms with E-state index in [0.29, 0.717) is 21.9 Å². The van der Waals surface area contributed by atoms with E-state index in [4.69, 9.17) is 4.74 Å². The van der Waals surface area contributed by atoms with Gasteiger partial charge in [0.05, 0.1) is 19.7 Å². The molecule has 10 nitrogen and oxygen atoms in total. The lowest BCUT2D eigenvalue weighted by atomic mass is 10.2. The van der Waals surface area contributed by atoms with Gasteiger partial charge in [-0.2, -0.15) is 5.10 Å². The highest BCUT2D eigenvalue weighted by Crippen LogP contribution is 2.24. The number of aromatic nitrogens is 2. The second kappa shape index (κ2) is 9.47. The number of phenolic OH excluding ortho intramolecular Hbond substituents is 2. The van der Waals surface area contributed by atoms with Crippen LogP contribution in [0.1, 0.15) is 20.9 Å². The lowest BCUT2D eigenvalue weighted by Gasteiger charge is -2.02. The summed E-state index contributed by atoms with van der Waals surface area (Å²) in [7, 11) is 1.54. The van der Waals surface area contributed by atoms with Crippen LogP contribution in [0.25, 0.3) is 0 Å². The van der Waals surface area contributed by atoms with E-state index in [1.165, 1.54) is 31.5 Å². The molecule has 0 saturated heterocycles. The third kappa shape index (κ3) is 5.52. The quantitative estimate of drug-likeness (QED) is 0.256. The van der Waals surface area contributed by atoms with Crippen molar-refractivity contribution < 1.29 is 24.5 Å². The molecule has 11 heteroatoms. The first-order chi connectivity index (χ1) is 14.4. The first-order valence-corrected chi connectivity index (χ1v) is 9.38. The van der Waals surface area contributed by atoms with Crippen LogP contribution in [0.15, 0.2) is 47.6 Å². The van der Waals surface area contributed by atoms with Crippen molar-refractivity contribution in [2.24, 2.45) is 5.10 Å². The topological polar surface area (TPSA) is 146 Å². The Kier molecular flexibility index (Phi) is 6.55. The zero-order chi connectivity index (χ0) is 21.5. The number of nitrogens with zero attached hydrogens (tertiary/aromatic N) is 3. The number of carbonyl (C=O) groups is 2. The van der Waals surface area contributed by atoms with Gasteiger partial charge in [-0.25, -0.2) is 5.43 Å². The van der Waals surface area contributed by atoms with E-state index in [2.05, 4.69) is 26.0 Å². The maximum Gasteiger partial charge on any atom is 0.257 e. The van der Waals surface area contributed by atoms with Gasteiger partial charge in [0.15, 0.2) is 11.5 Å². The fourth-order valence-corrected chi connectivity index (χ4v) is 3.00. The number of carbonyl (C=O) groups excluding carboxylic acids is 2. The molecule has 1 aromatic heterocycles. The monoisotopic (exact) mass is 427 g/mol. The van der Waals surface area contributed by atoms with Gasteiger partial charge >= 0.3 is 0 Å². The number of phenols is 2. The Hall–Kier alpha value is -3.99. The van der Waals surface area contributed by atoms with Gasteiger partial charge in [0, 0.05) is 5.56 Å². The number of nitrogens with one attached hydrogen (secondary N) is 2. The van der Waals surface area contributed by atoms with Crippen LogP contribution in [0.2, 0.25) is 0 Å². The lowest BCUT2D eigenvalue weighted by molar-refractivity contribution is -0.120. The van der Waals surface area contributed by atoms with Crippen LogP contribution >= 0.6 is 11.3 Å². The average molecular weight is 427 g/mol. The minimum Gasteiger partial charge on any atom is -0.504 e. The standard InChI is InChI=1S/C19H17N5O5S/c1-29-13-5-3-12(4-6-13)18(28)21-19-24-23-17(30-19)9-16(27)22-20-10-11-2-7-14(25)15(26)8-11/h2-8,10,25-26H,9H2,1H3,(H,22,27)(H,21,24,28)/b20-10-. The molecule has 0 unspecified atom stereocenters. The predicted octanol–water partition coefficient (Wildman–Crippen LogP) is 1.90. The molecule has 3 aromatic rings. The second-order valence-corrected chi connectivity index (χ2v) is 6.96. The van der Waals surface area contributed by atoms with E-state index >= 15 is 0 Å². The van der Waals surface area contributed by atoms with E-state index in [0.717, 1.165) is 11.3 Å². The van der Waals surface area contributed by atoms with Gasteiger partial charge in [0.25, 0.3) is 5.91 Å². The molecule has 0 radical (unpaired) electrons. The van der Waals surface area contributed by atoms with Gasteiger partial charge < -0.3 is 14.9 Å². The SMILES string of the molecule is COc1ccc(C(=O)Nc2nnc(CC(=O)N/N=C\c3ccc(O)c(O)c3)s2)cc1. The zero-order valence-electron chi connectivity index (χ0n) is 15.7. The highest BCUT2D eigenvalue weighted by atomic mass is 32.1. The van der Waals surface area contributed by atoms with E-state index in [-0.39, 0.29) is 29.0 Å². The molecular formula is C19H17N5O5S. The molecule has 0 atom stereocenters. The van der Waals surface area contributed by atoms with E-state index in [9.17, 15) is 19.8 Å². The maximum absolute atomic E-state index is 12.2. The summed E-state index contributed by atoms with van der Waals surface area (Å²) in [5, 5.41) is 33.5. The van der Waals surface area contributed by atoms with Crippen LogP contribution in [0.5, 0.6) is 17.2 Å². The van der Waals surface area contributed by atoms with Crippen molar-refractivity contribution in [2.45, 2.75) is 6.42 Å². The minimum atomic E-state index is -0.432. The number of rotatable bonds is 7. The van der Waals surface area contributed by atoms with Crippen molar-refractivity contribution in [2.75, 3.05) is 12.4 Å². The number of hydrazone groups is 1. The van der Waals surface area contributed by atoms with Crippen LogP contribution in [0.4, 0.5) is 5.13 Å². The Bertz CT molecular complexity index is 1080. The van der Waals surface area contributed by atoms with Crippen LogP contribution in [0, 0.1) is 0 Å². The van der Waals surface area contributed by atoms with Crippen molar-refractivity contribution in [1.29, 1.82) is 0 Å². The molecule has 2 amide bonds. The number of hydrogen-bond donors (Lipinski definition) is 4. The second-order valence-electron chi connectivity index (χ2n) is 5.90. The lowest BCUT2D eigenvalue weighted by Crippen LogP contribution is -2.19. The highest BCUT2D eigenvalue weighted by molar-refractivity contribution is 7.15. The normalized spacial score (nSPS) is 10.7. The minimum absolute atomic E-state index is 0.0752. The summed E-state index contributed by atoms with van der Waals surface area (Å²) < 4.78 is 5.05. The van der Waals surface area contributed by atoms with Crippen molar-refractivity contribution in [3.8, 4) is 17.2 Å². The summed E-state index contributed by atoms with van der Waals surface area (Å²) in [5.74, 6) is -0.684. The Morgan fingerprint density at radius 2 is 1.90 bits per heavy atom. The smallest absolute Gasteiger partial charge is 0.257 e. The Balaban J connectivity index is 1.51. The van der Waals surface area contributed by atoms with Gasteiger partial charge in [-0.15, -0.1) is 10.2 Å². The Labute approximate surface area is 174 Å². The first-order valence-electron chi connectivity index (χ1n) is 8.56. The predicted molar refractivity (Wildman–Crippen MR) is 110 cm³/mol. The zero-order valence-corrected chi connectivity index (χ0v) is 16.5. The molecule has 1 heterocycles. The van der Waals surface area contributed by atoms with Crippen molar-refractivity contribution in [1.82, 2.24) is 15.6 Å². The highest BCUT2D eigenvalue weighted by Gasteiger charge is 2.12. The van der Waals surface area contributed by atoms with Crippen molar-refractivity contribution in [3.63, 3.8) is 0 Å². The maximum atomic E-state index is 12.2. The molecule has 0 fully saturated rings. The van der Waals surface area contributed by atoms with Crippen LogP contribution in [-0.2, 0) is 11.2 Å². The van der Waals surface area contributed by atoms with Crippen LogP contribution in [-0.4, -0.2) is 45.5 Å². The Morgan fingerprint density at radius 1 is 1.13 bits per heavy atom. The average Bonchev–Trinajstić information content (AvgIpc) is 3.17. The third-order valence-corrected chi connectivity index (χ3v) is 4.59. The fraction of sp³-hybridized carbons (Fsp3) is 0.105. The summed E-state index contributed by atoms with van der Waals surface area (Å²) in [6, 6.07) is 10.7. The van der Waals surface area contributed by atoms with Gasteiger partial charge in [-0.1, -0.05) is 11.3 Å². The molecule has 154 valence electrons. The summed E-state index contributed by atoms with van der Waals surface area (Å²) in [5.41, 5.74) is 3.25. The molecule has 30 heavy (non-hydrogen) atoms. The Morgan fingerprint density at radius 3 is 2.60 bits per heavy atom. The fourth-order valence-electron chi connectivity index (χ4n) is 2.26. The number of amides is 2. The first kappa shape index (κ1) is 20.7. The summed E-state index contributed by atoms with van der Waals surface area (Å²) in [6.45, 7) is 0. The van der Waals surface area contributed by atoms with Gasteiger partial charge in [0.1, 0.15) is 10.8 Å². The number of anilines is 1. The molecule has 0 saturated carbocycles. The van der Waals surface area contributed by atoms with Crippen LogP contribution < -0.4 is 15.5 Å². The number of benzene rings is 2. The molecule has 0 aliphatic rings. The number of ether oxygens (including phenoxy) is 1. The van der Waals surface area contributed by atoms with Crippen molar-refractivity contribution in [3.05, 3.63) is 58.6 Å². The molecule has 4 N–H and O–H groups in total. The largest absolute Gasteiger partial charge is 0.504 e. The molecule has 0 spiro atoms. The van der Waals surface area contributed by atoms with Gasteiger partial charge in [-0.05, 0) is 48.0 Å². The number of hydrogen-bond acceptors (Lipinski definition) is 9. The van der Waals surface area contributed by atoms with Gasteiger partial charge in [-0.3, -0.25) is 14.9 Å². The van der Waals surface area contributed by atoms with E-state index in [1.54, 1.807) is 24.3 Å². The molecular weight excluding hydrogens is 410 g/mol. The summed E-state index contributed by atoms with van der Waals surface area (Å²) in [6.07, 6.45) is 1.24. The molecule has 0 aliphatic heterocycles. The van der Waals surface area contributed by atoms with E-state index in [1.807, 2.05) is 0 Å². The number of methoxy groups -OCH3 is 1. The molecule has 0 aliphatic carbocycles. The summed E-state index contributed by atoms with van der Waals surface area (Å²) >= 11 is 1.07. The van der Waals surface area contributed by atoms with Crippen molar-refractivity contribution >= 4 is 34.5 Å². The number of aromatic hydroxyl groups is 2.